The molecule has 1 aliphatic rings. The number of rotatable bonds is 7. The van der Waals surface area contributed by atoms with Crippen molar-refractivity contribution in [3.8, 4) is 0 Å². The number of carbonyl (C=O) groups is 2. The predicted octanol–water partition coefficient (Wildman–Crippen LogP) is 2.98. The van der Waals surface area contributed by atoms with Crippen LogP contribution in [0.2, 0.25) is 0 Å². The molecular formula is C21H25N3O3. The van der Waals surface area contributed by atoms with Gasteiger partial charge < -0.3 is 15.7 Å². The zero-order valence-electron chi connectivity index (χ0n) is 15.3. The number of benzene rings is 2. The highest BCUT2D eigenvalue weighted by atomic mass is 16.4. The average molecular weight is 367 g/mol. The summed E-state index contributed by atoms with van der Waals surface area (Å²) in [6, 6.07) is 14.5. The molecule has 2 amide bonds. The monoisotopic (exact) mass is 367 g/mol. The van der Waals surface area contributed by atoms with Crippen molar-refractivity contribution in [2.24, 2.45) is 0 Å². The van der Waals surface area contributed by atoms with Crippen molar-refractivity contribution < 1.29 is 14.7 Å². The van der Waals surface area contributed by atoms with E-state index < -0.39 is 5.97 Å². The first-order valence-corrected chi connectivity index (χ1v) is 9.24. The van der Waals surface area contributed by atoms with E-state index in [9.17, 15) is 9.59 Å². The van der Waals surface area contributed by atoms with Crippen LogP contribution in [0.25, 0.3) is 0 Å². The molecule has 142 valence electrons. The second kappa shape index (κ2) is 9.19. The van der Waals surface area contributed by atoms with Gasteiger partial charge >= 0.3 is 12.0 Å². The molecule has 0 saturated carbocycles. The van der Waals surface area contributed by atoms with Gasteiger partial charge in [-0.3, -0.25) is 4.90 Å². The zero-order chi connectivity index (χ0) is 19.1. The highest BCUT2D eigenvalue weighted by molar-refractivity contribution is 5.87. The number of hydrogen-bond acceptors (Lipinski definition) is 3. The van der Waals surface area contributed by atoms with Gasteiger partial charge in [0.05, 0.1) is 5.56 Å². The fourth-order valence-electron chi connectivity index (χ4n) is 3.23. The maximum Gasteiger partial charge on any atom is 0.335 e. The molecule has 6 nitrogen and oxygen atoms in total. The molecule has 27 heavy (non-hydrogen) atoms. The van der Waals surface area contributed by atoms with Crippen LogP contribution in [0, 0.1) is 0 Å². The highest BCUT2D eigenvalue weighted by Crippen LogP contribution is 2.13. The van der Waals surface area contributed by atoms with Crippen LogP contribution in [-0.2, 0) is 19.6 Å². The molecule has 1 aliphatic heterocycles. The fourth-order valence-corrected chi connectivity index (χ4v) is 3.23. The number of carboxylic acid groups (broad SMARTS) is 1. The Morgan fingerprint density at radius 3 is 2.19 bits per heavy atom. The van der Waals surface area contributed by atoms with Crippen LogP contribution in [0.5, 0.6) is 0 Å². The molecule has 0 bridgehead atoms. The Hall–Kier alpha value is -2.86. The summed E-state index contributed by atoms with van der Waals surface area (Å²) < 4.78 is 0. The minimum absolute atomic E-state index is 0.233. The van der Waals surface area contributed by atoms with Crippen molar-refractivity contribution in [2.45, 2.75) is 32.5 Å². The van der Waals surface area contributed by atoms with Crippen molar-refractivity contribution >= 4 is 12.0 Å². The molecule has 0 atom stereocenters. The molecule has 0 unspecified atom stereocenters. The number of nitrogens with one attached hydrogen (secondary N) is 2. The van der Waals surface area contributed by atoms with Crippen LogP contribution >= 0.6 is 0 Å². The molecule has 0 aliphatic carbocycles. The van der Waals surface area contributed by atoms with E-state index in [0.717, 1.165) is 17.7 Å². The summed E-state index contributed by atoms with van der Waals surface area (Å²) in [7, 11) is 0. The Balaban J connectivity index is 1.44. The number of nitrogens with zero attached hydrogens (tertiary/aromatic N) is 1. The molecule has 0 spiro atoms. The highest BCUT2D eigenvalue weighted by Gasteiger charge is 2.11. The smallest absolute Gasteiger partial charge is 0.335 e. The molecular weight excluding hydrogens is 342 g/mol. The van der Waals surface area contributed by atoms with E-state index in [4.69, 9.17) is 5.11 Å². The summed E-state index contributed by atoms with van der Waals surface area (Å²) in [6.45, 7) is 4.11. The summed E-state index contributed by atoms with van der Waals surface area (Å²) in [5.41, 5.74) is 3.43. The van der Waals surface area contributed by atoms with Crippen molar-refractivity contribution in [3.63, 3.8) is 0 Å². The van der Waals surface area contributed by atoms with E-state index in [-0.39, 0.29) is 11.6 Å². The lowest BCUT2D eigenvalue weighted by Crippen LogP contribution is -2.34. The number of likely N-dealkylation sites (tertiary alicyclic amines) is 1. The number of amides is 2. The van der Waals surface area contributed by atoms with Gasteiger partial charge in [0.25, 0.3) is 0 Å². The lowest BCUT2D eigenvalue weighted by Gasteiger charge is -2.15. The van der Waals surface area contributed by atoms with E-state index in [1.165, 1.54) is 43.6 Å². The molecule has 3 N–H and O–H groups in total. The van der Waals surface area contributed by atoms with Crippen LogP contribution < -0.4 is 10.6 Å². The largest absolute Gasteiger partial charge is 0.478 e. The van der Waals surface area contributed by atoms with Crippen molar-refractivity contribution in [3.05, 3.63) is 70.8 Å². The maximum absolute atomic E-state index is 12.0. The fraction of sp³-hybridized carbons (Fsp3) is 0.333. The first-order chi connectivity index (χ1) is 13.1. The standard InChI is InChI=1S/C21H25N3O3/c25-20(26)19-8-6-16(7-9-19)13-22-21(27)23-14-17-4-3-5-18(12-17)15-24-10-1-2-11-24/h3-9,12H,1-2,10-11,13-15H2,(H,25,26)(H2,22,23,27). The third-order valence-electron chi connectivity index (χ3n) is 4.70. The lowest BCUT2D eigenvalue weighted by molar-refractivity contribution is 0.0697. The average Bonchev–Trinajstić information content (AvgIpc) is 3.18. The minimum Gasteiger partial charge on any atom is -0.478 e. The van der Waals surface area contributed by atoms with Crippen molar-refractivity contribution in [2.75, 3.05) is 13.1 Å². The Kier molecular flexibility index (Phi) is 6.44. The van der Waals surface area contributed by atoms with E-state index in [1.807, 2.05) is 12.1 Å². The van der Waals surface area contributed by atoms with Gasteiger partial charge in [0.2, 0.25) is 0 Å². The molecule has 0 radical (unpaired) electrons. The van der Waals surface area contributed by atoms with Gasteiger partial charge in [0.15, 0.2) is 0 Å². The zero-order valence-corrected chi connectivity index (χ0v) is 15.3. The minimum atomic E-state index is -0.959. The SMILES string of the molecule is O=C(NCc1ccc(C(=O)O)cc1)NCc1cccc(CN2CCCC2)c1. The number of carbonyl (C=O) groups excluding carboxylic acids is 1. The number of urea groups is 1. The number of aromatic carboxylic acids is 1. The summed E-state index contributed by atoms with van der Waals surface area (Å²) in [4.78, 5) is 25.3. The van der Waals surface area contributed by atoms with Crippen LogP contribution in [0.1, 0.15) is 39.9 Å². The second-order valence-electron chi connectivity index (χ2n) is 6.84. The van der Waals surface area contributed by atoms with Crippen LogP contribution in [0.4, 0.5) is 4.79 Å². The molecule has 1 heterocycles. The van der Waals surface area contributed by atoms with Gasteiger partial charge in [-0.15, -0.1) is 0 Å². The topological polar surface area (TPSA) is 81.7 Å². The van der Waals surface area contributed by atoms with E-state index >= 15 is 0 Å². The Morgan fingerprint density at radius 2 is 1.52 bits per heavy atom. The number of hydrogen-bond donors (Lipinski definition) is 3. The van der Waals surface area contributed by atoms with Gasteiger partial charge in [0, 0.05) is 19.6 Å². The molecule has 2 aromatic rings. The van der Waals surface area contributed by atoms with Gasteiger partial charge in [-0.05, 0) is 54.8 Å². The number of carboxylic acids is 1. The molecule has 1 saturated heterocycles. The summed E-state index contributed by atoms with van der Waals surface area (Å²) in [5.74, 6) is -0.959. The van der Waals surface area contributed by atoms with Crippen LogP contribution in [-0.4, -0.2) is 35.1 Å². The first kappa shape index (κ1) is 18.9. The third-order valence-corrected chi connectivity index (χ3v) is 4.70. The van der Waals surface area contributed by atoms with Gasteiger partial charge in [-0.25, -0.2) is 9.59 Å². The van der Waals surface area contributed by atoms with Gasteiger partial charge in [-0.2, -0.15) is 0 Å². The van der Waals surface area contributed by atoms with Crippen molar-refractivity contribution in [1.82, 2.24) is 15.5 Å². The first-order valence-electron chi connectivity index (χ1n) is 9.24. The molecule has 2 aromatic carbocycles. The molecule has 6 heteroatoms. The molecule has 1 fully saturated rings. The maximum atomic E-state index is 12.0. The second-order valence-corrected chi connectivity index (χ2v) is 6.84. The lowest BCUT2D eigenvalue weighted by atomic mass is 10.1. The Bertz CT molecular complexity index is 784. The molecule has 3 rings (SSSR count). The predicted molar refractivity (Wildman–Crippen MR) is 103 cm³/mol. The van der Waals surface area contributed by atoms with Crippen LogP contribution in [0.3, 0.4) is 0 Å². The quantitative estimate of drug-likeness (QED) is 0.703. The van der Waals surface area contributed by atoms with E-state index in [1.54, 1.807) is 12.1 Å². The summed E-state index contributed by atoms with van der Waals surface area (Å²) in [6.07, 6.45) is 2.56. The summed E-state index contributed by atoms with van der Waals surface area (Å²) in [5, 5.41) is 14.5. The Morgan fingerprint density at radius 1 is 0.889 bits per heavy atom. The Labute approximate surface area is 159 Å². The normalized spacial score (nSPS) is 14.1. The van der Waals surface area contributed by atoms with Crippen molar-refractivity contribution in [1.29, 1.82) is 0 Å². The van der Waals surface area contributed by atoms with E-state index in [2.05, 4.69) is 27.7 Å². The van der Waals surface area contributed by atoms with Gasteiger partial charge in [0.1, 0.15) is 0 Å². The van der Waals surface area contributed by atoms with E-state index in [0.29, 0.717) is 13.1 Å². The third kappa shape index (κ3) is 5.82. The molecule has 0 aromatic heterocycles. The van der Waals surface area contributed by atoms with Crippen LogP contribution in [0.15, 0.2) is 48.5 Å². The summed E-state index contributed by atoms with van der Waals surface area (Å²) >= 11 is 0. The van der Waals surface area contributed by atoms with Gasteiger partial charge in [-0.1, -0.05) is 36.4 Å².